The monoisotopic (exact) mass is 359 g/mol. The second kappa shape index (κ2) is 5.30. The maximum atomic E-state index is 4.61. The van der Waals surface area contributed by atoms with Gasteiger partial charge in [-0.1, -0.05) is 0 Å². The Morgan fingerprint density at radius 3 is 2.71 bits per heavy atom. The first-order chi connectivity index (χ1) is 8.13. The molecule has 2 rings (SSSR count). The molecule has 5 heteroatoms. The molecule has 3 nitrogen and oxygen atoms in total. The lowest BCUT2D eigenvalue weighted by molar-refractivity contribution is 1.06. The zero-order chi connectivity index (χ0) is 12.4. The van der Waals surface area contributed by atoms with Crippen LogP contribution in [0.4, 0.5) is 5.82 Å². The molecule has 0 radical (unpaired) electrons. The second-order valence-corrected chi connectivity index (χ2v) is 5.75. The van der Waals surface area contributed by atoms with Crippen molar-refractivity contribution < 1.29 is 0 Å². The number of aryl methyl sites for hydroxylation is 2. The van der Waals surface area contributed by atoms with Gasteiger partial charge in [-0.3, -0.25) is 0 Å². The molecule has 0 atom stereocenters. The first-order valence-corrected chi connectivity index (χ1v) is 7.41. The minimum Gasteiger partial charge on any atom is -0.369 e. The molecule has 0 unspecified atom stereocenters. The van der Waals surface area contributed by atoms with E-state index in [0.717, 1.165) is 32.3 Å². The fourth-order valence-electron chi connectivity index (χ4n) is 1.55. The maximum absolute atomic E-state index is 4.61. The van der Waals surface area contributed by atoms with Gasteiger partial charge < -0.3 is 5.32 Å². The number of nitrogens with one attached hydrogen (secondary N) is 1. The van der Waals surface area contributed by atoms with Gasteiger partial charge in [0.15, 0.2) is 5.82 Å². The number of rotatable bonds is 3. The highest BCUT2D eigenvalue weighted by atomic mass is 127. The number of hydrogen-bond donors (Lipinski definition) is 1. The summed E-state index contributed by atoms with van der Waals surface area (Å²) in [5.74, 6) is 1.76. The minimum atomic E-state index is 0.825. The van der Waals surface area contributed by atoms with Crippen molar-refractivity contribution >= 4 is 39.7 Å². The van der Waals surface area contributed by atoms with Crippen LogP contribution >= 0.6 is 33.9 Å². The first kappa shape index (κ1) is 12.8. The van der Waals surface area contributed by atoms with Crippen molar-refractivity contribution in [2.24, 2.45) is 0 Å². The minimum absolute atomic E-state index is 0.825. The third kappa shape index (κ3) is 2.60. The zero-order valence-corrected chi connectivity index (χ0v) is 13.0. The van der Waals surface area contributed by atoms with E-state index in [0.29, 0.717) is 0 Å². The van der Waals surface area contributed by atoms with Gasteiger partial charge in [0.1, 0.15) is 5.82 Å². The van der Waals surface area contributed by atoms with Gasteiger partial charge in [-0.15, -0.1) is 11.3 Å². The SMILES string of the molecule is CCNc1nc(-c2sccc2C)nc(C)c1I. The Hall–Kier alpha value is -0.690. The van der Waals surface area contributed by atoms with E-state index < -0.39 is 0 Å². The molecule has 0 aliphatic carbocycles. The fraction of sp³-hybridized carbons (Fsp3) is 0.333. The van der Waals surface area contributed by atoms with E-state index in [2.05, 4.69) is 63.2 Å². The van der Waals surface area contributed by atoms with Crippen LogP contribution in [0.15, 0.2) is 11.4 Å². The third-order valence-electron chi connectivity index (χ3n) is 2.43. The predicted molar refractivity (Wildman–Crippen MR) is 81.7 cm³/mol. The number of hydrogen-bond acceptors (Lipinski definition) is 4. The van der Waals surface area contributed by atoms with Crippen LogP contribution in [0.2, 0.25) is 0 Å². The molecule has 0 bridgehead atoms. The van der Waals surface area contributed by atoms with Crippen molar-refractivity contribution in [3.05, 3.63) is 26.3 Å². The molecule has 2 heterocycles. The normalized spacial score (nSPS) is 10.6. The van der Waals surface area contributed by atoms with E-state index in [1.54, 1.807) is 11.3 Å². The van der Waals surface area contributed by atoms with Crippen LogP contribution in [0, 0.1) is 17.4 Å². The highest BCUT2D eigenvalue weighted by Crippen LogP contribution is 2.29. The van der Waals surface area contributed by atoms with Crippen molar-refractivity contribution in [2.45, 2.75) is 20.8 Å². The van der Waals surface area contributed by atoms with Crippen LogP contribution in [-0.4, -0.2) is 16.5 Å². The summed E-state index contributed by atoms with van der Waals surface area (Å²) in [5.41, 5.74) is 2.26. The van der Waals surface area contributed by atoms with Crippen LogP contribution in [-0.2, 0) is 0 Å². The molecule has 0 saturated heterocycles. The lowest BCUT2D eigenvalue weighted by Crippen LogP contribution is -2.06. The lowest BCUT2D eigenvalue weighted by Gasteiger charge is -2.09. The van der Waals surface area contributed by atoms with E-state index in [9.17, 15) is 0 Å². The number of halogens is 1. The van der Waals surface area contributed by atoms with Gasteiger partial charge in [0.2, 0.25) is 0 Å². The van der Waals surface area contributed by atoms with E-state index in [1.165, 1.54) is 5.56 Å². The van der Waals surface area contributed by atoms with Crippen molar-refractivity contribution in [2.75, 3.05) is 11.9 Å². The number of nitrogens with zero attached hydrogens (tertiary/aromatic N) is 2. The molecule has 0 aliphatic heterocycles. The Morgan fingerprint density at radius 2 is 2.12 bits per heavy atom. The summed E-state index contributed by atoms with van der Waals surface area (Å²) in [6, 6.07) is 2.10. The van der Waals surface area contributed by atoms with E-state index in [4.69, 9.17) is 0 Å². The van der Waals surface area contributed by atoms with E-state index >= 15 is 0 Å². The topological polar surface area (TPSA) is 37.8 Å². The Labute approximate surface area is 119 Å². The predicted octanol–water partition coefficient (Wildman–Crippen LogP) is 3.86. The largest absolute Gasteiger partial charge is 0.369 e. The summed E-state index contributed by atoms with van der Waals surface area (Å²) in [6.07, 6.45) is 0. The van der Waals surface area contributed by atoms with Crippen LogP contribution in [0.25, 0.3) is 10.7 Å². The summed E-state index contributed by atoms with van der Waals surface area (Å²) in [6.45, 7) is 7.06. The second-order valence-electron chi connectivity index (χ2n) is 3.76. The first-order valence-electron chi connectivity index (χ1n) is 5.46. The van der Waals surface area contributed by atoms with Gasteiger partial charge in [0.25, 0.3) is 0 Å². The highest BCUT2D eigenvalue weighted by molar-refractivity contribution is 14.1. The van der Waals surface area contributed by atoms with Gasteiger partial charge in [-0.2, -0.15) is 0 Å². The Balaban J connectivity index is 2.53. The van der Waals surface area contributed by atoms with Crippen LogP contribution < -0.4 is 5.32 Å². The van der Waals surface area contributed by atoms with E-state index in [1.807, 2.05) is 6.92 Å². The maximum Gasteiger partial charge on any atom is 0.172 e. The number of thiophene rings is 1. The van der Waals surface area contributed by atoms with E-state index in [-0.39, 0.29) is 0 Å². The van der Waals surface area contributed by atoms with Gasteiger partial charge in [0.05, 0.1) is 14.1 Å². The van der Waals surface area contributed by atoms with Gasteiger partial charge in [-0.25, -0.2) is 9.97 Å². The molecule has 0 spiro atoms. The molecule has 0 amide bonds. The molecule has 1 N–H and O–H groups in total. The standard InChI is InChI=1S/C12H14IN3S/c1-4-14-11-9(13)8(3)15-12(16-11)10-7(2)5-6-17-10/h5-6H,4H2,1-3H3,(H,14,15,16). The molecule has 90 valence electrons. The average molecular weight is 359 g/mol. The van der Waals surface area contributed by atoms with Crippen LogP contribution in [0.1, 0.15) is 18.2 Å². The van der Waals surface area contributed by atoms with Crippen molar-refractivity contribution in [3.63, 3.8) is 0 Å². The molecular formula is C12H14IN3S. The number of anilines is 1. The summed E-state index contributed by atoms with van der Waals surface area (Å²) in [7, 11) is 0. The Morgan fingerprint density at radius 1 is 1.35 bits per heavy atom. The zero-order valence-electron chi connectivity index (χ0n) is 10.0. The molecule has 17 heavy (non-hydrogen) atoms. The Kier molecular flexibility index (Phi) is 3.98. The number of aromatic nitrogens is 2. The molecule has 0 fully saturated rings. The molecular weight excluding hydrogens is 345 g/mol. The summed E-state index contributed by atoms with van der Waals surface area (Å²) < 4.78 is 1.10. The molecule has 2 aromatic heterocycles. The average Bonchev–Trinajstić information content (AvgIpc) is 2.71. The van der Waals surface area contributed by atoms with Crippen LogP contribution in [0.5, 0.6) is 0 Å². The third-order valence-corrected chi connectivity index (χ3v) is 4.73. The lowest BCUT2D eigenvalue weighted by atomic mass is 10.3. The van der Waals surface area contributed by atoms with Crippen molar-refractivity contribution in [1.82, 2.24) is 9.97 Å². The smallest absolute Gasteiger partial charge is 0.172 e. The molecule has 2 aromatic rings. The fourth-order valence-corrected chi connectivity index (χ4v) is 2.84. The highest BCUT2D eigenvalue weighted by Gasteiger charge is 2.12. The Bertz CT molecular complexity index is 537. The van der Waals surface area contributed by atoms with Crippen molar-refractivity contribution in [3.8, 4) is 10.7 Å². The summed E-state index contributed by atoms with van der Waals surface area (Å²) in [5, 5.41) is 5.36. The van der Waals surface area contributed by atoms with Gasteiger partial charge >= 0.3 is 0 Å². The summed E-state index contributed by atoms with van der Waals surface area (Å²) >= 11 is 3.98. The van der Waals surface area contributed by atoms with Gasteiger partial charge in [0, 0.05) is 6.54 Å². The van der Waals surface area contributed by atoms with Gasteiger partial charge in [-0.05, 0) is 60.4 Å². The van der Waals surface area contributed by atoms with Crippen LogP contribution in [0.3, 0.4) is 0 Å². The summed E-state index contributed by atoms with van der Waals surface area (Å²) in [4.78, 5) is 10.3. The molecule has 0 aromatic carbocycles. The molecule has 0 saturated carbocycles. The molecule has 0 aliphatic rings. The quantitative estimate of drug-likeness (QED) is 0.846. The van der Waals surface area contributed by atoms with Crippen molar-refractivity contribution in [1.29, 1.82) is 0 Å².